The van der Waals surface area contributed by atoms with E-state index in [2.05, 4.69) is 15.0 Å². The van der Waals surface area contributed by atoms with Crippen LogP contribution in [0.25, 0.3) is 22.1 Å². The number of hydrogen-bond donors (Lipinski definition) is 1. The molecule has 0 spiro atoms. The van der Waals surface area contributed by atoms with Crippen molar-refractivity contribution in [2.75, 3.05) is 19.6 Å². The molecule has 1 N–H and O–H groups in total. The molecule has 0 radical (unpaired) electrons. The lowest BCUT2D eigenvalue weighted by Crippen LogP contribution is -2.42. The molecule has 6 nitrogen and oxygen atoms in total. The first-order chi connectivity index (χ1) is 11.9. The van der Waals surface area contributed by atoms with Gasteiger partial charge in [-0.15, -0.1) is 0 Å². The molecule has 0 saturated carbocycles. The molecule has 1 fully saturated rings. The Kier molecular flexibility index (Phi) is 3.75. The van der Waals surface area contributed by atoms with Gasteiger partial charge in [0.05, 0.1) is 24.5 Å². The molecular weight excluding hydrogens is 335 g/mol. The molecule has 0 aromatic carbocycles. The molecule has 25 heavy (non-hydrogen) atoms. The number of alkyl halides is 3. The minimum atomic E-state index is -4.20. The van der Waals surface area contributed by atoms with Crippen LogP contribution in [0, 0.1) is 0 Å². The first kappa shape index (κ1) is 16.1. The summed E-state index contributed by atoms with van der Waals surface area (Å²) in [6, 6.07) is 1.68. The van der Waals surface area contributed by atoms with E-state index in [9.17, 15) is 18.0 Å². The van der Waals surface area contributed by atoms with Gasteiger partial charge in [0.2, 0.25) is 0 Å². The molecule has 0 amide bonds. The second-order valence-corrected chi connectivity index (χ2v) is 6.32. The van der Waals surface area contributed by atoms with Crippen molar-refractivity contribution < 1.29 is 13.2 Å². The summed E-state index contributed by atoms with van der Waals surface area (Å²) in [6.45, 7) is -0.290. The van der Waals surface area contributed by atoms with Gasteiger partial charge in [-0.3, -0.25) is 9.69 Å². The van der Waals surface area contributed by atoms with Gasteiger partial charge in [0.25, 0.3) is 5.56 Å². The number of likely N-dealkylation sites (tertiary alicyclic amines) is 1. The molecule has 1 aliphatic heterocycles. The molecule has 3 aromatic rings. The smallest absolute Gasteiger partial charge is 0.346 e. The van der Waals surface area contributed by atoms with Crippen LogP contribution < -0.4 is 5.56 Å². The van der Waals surface area contributed by atoms with Crippen molar-refractivity contribution in [2.45, 2.75) is 25.1 Å². The van der Waals surface area contributed by atoms with Crippen molar-refractivity contribution >= 4 is 22.1 Å². The van der Waals surface area contributed by atoms with E-state index in [0.29, 0.717) is 42.6 Å². The van der Waals surface area contributed by atoms with Crippen molar-refractivity contribution in [1.29, 1.82) is 0 Å². The first-order valence-corrected chi connectivity index (χ1v) is 8.05. The zero-order valence-electron chi connectivity index (χ0n) is 13.3. The molecule has 1 aliphatic rings. The molecule has 0 aliphatic carbocycles. The molecule has 4 heterocycles. The van der Waals surface area contributed by atoms with Gasteiger partial charge in [0, 0.05) is 30.7 Å². The summed E-state index contributed by atoms with van der Waals surface area (Å²) in [5.74, 6) is 0. The van der Waals surface area contributed by atoms with Crippen LogP contribution in [-0.4, -0.2) is 50.2 Å². The number of rotatable bonds is 2. The van der Waals surface area contributed by atoms with E-state index in [4.69, 9.17) is 0 Å². The molecule has 1 saturated heterocycles. The Morgan fingerprint density at radius 1 is 1.20 bits per heavy atom. The van der Waals surface area contributed by atoms with Gasteiger partial charge in [-0.2, -0.15) is 13.2 Å². The van der Waals surface area contributed by atoms with Crippen molar-refractivity contribution in [2.24, 2.45) is 0 Å². The van der Waals surface area contributed by atoms with Crippen LogP contribution in [0.15, 0.2) is 29.5 Å². The van der Waals surface area contributed by atoms with Crippen LogP contribution in [0.2, 0.25) is 0 Å². The third kappa shape index (κ3) is 2.99. The summed E-state index contributed by atoms with van der Waals surface area (Å²) in [5.41, 5.74) is 1.70. The number of fused-ring (bicyclic) bond motifs is 3. The fraction of sp³-hybridized carbons (Fsp3) is 0.438. The Bertz CT molecular complexity index is 969. The van der Waals surface area contributed by atoms with Gasteiger partial charge < -0.3 is 9.55 Å². The maximum atomic E-state index is 12.6. The highest BCUT2D eigenvalue weighted by Gasteiger charge is 2.33. The average molecular weight is 351 g/mol. The summed E-state index contributed by atoms with van der Waals surface area (Å²) in [5, 5.41) is 0.792. The first-order valence-electron chi connectivity index (χ1n) is 8.05. The number of nitrogens with one attached hydrogen (secondary N) is 1. The third-order valence-electron chi connectivity index (χ3n) is 4.66. The average Bonchev–Trinajstić information content (AvgIpc) is 3.03. The topological polar surface area (TPSA) is 66.8 Å². The molecule has 4 rings (SSSR count). The highest BCUT2D eigenvalue weighted by atomic mass is 19.4. The number of aromatic amines is 1. The molecule has 132 valence electrons. The molecule has 0 bridgehead atoms. The lowest BCUT2D eigenvalue weighted by Gasteiger charge is -2.33. The van der Waals surface area contributed by atoms with Crippen molar-refractivity contribution in [1.82, 2.24) is 24.4 Å². The number of nitrogens with zero attached hydrogens (tertiary/aromatic N) is 4. The van der Waals surface area contributed by atoms with Crippen LogP contribution in [0.3, 0.4) is 0 Å². The second kappa shape index (κ2) is 5.83. The van der Waals surface area contributed by atoms with Crippen LogP contribution in [0.4, 0.5) is 13.2 Å². The monoisotopic (exact) mass is 351 g/mol. The van der Waals surface area contributed by atoms with Crippen LogP contribution in [-0.2, 0) is 0 Å². The quantitative estimate of drug-likeness (QED) is 0.770. The van der Waals surface area contributed by atoms with Gasteiger partial charge >= 0.3 is 6.18 Å². The summed E-state index contributed by atoms with van der Waals surface area (Å²) in [7, 11) is 0. The number of hydrogen-bond acceptors (Lipinski definition) is 4. The number of H-pyrrole nitrogens is 1. The minimum Gasteiger partial charge on any atom is -0.346 e. The fourth-order valence-corrected chi connectivity index (χ4v) is 3.58. The summed E-state index contributed by atoms with van der Waals surface area (Å²) in [6.07, 6.45) is 1.38. The normalized spacial score (nSPS) is 17.6. The maximum absolute atomic E-state index is 12.6. The highest BCUT2D eigenvalue weighted by molar-refractivity contribution is 6.00. The Hall–Kier alpha value is -2.42. The minimum absolute atomic E-state index is 0.150. The van der Waals surface area contributed by atoms with E-state index in [0.717, 1.165) is 5.39 Å². The number of halogens is 3. The van der Waals surface area contributed by atoms with Gasteiger partial charge in [-0.1, -0.05) is 0 Å². The summed E-state index contributed by atoms with van der Waals surface area (Å²) >= 11 is 0. The zero-order valence-corrected chi connectivity index (χ0v) is 13.3. The van der Waals surface area contributed by atoms with Crippen molar-refractivity contribution in [3.63, 3.8) is 0 Å². The second-order valence-electron chi connectivity index (χ2n) is 6.32. The standard InChI is InChI=1S/C16H16F3N5O/c17-16(18,19)9-23-5-2-10(3-6-23)24-13(25)8-21-12-7-22-15-11(14(12)24)1-4-20-15/h1,4,7-8,10H,2-3,5-6,9H2,(H,20,22). The lowest BCUT2D eigenvalue weighted by molar-refractivity contribution is -0.148. The zero-order chi connectivity index (χ0) is 17.6. The largest absolute Gasteiger partial charge is 0.401 e. The predicted molar refractivity (Wildman–Crippen MR) is 86.4 cm³/mol. The highest BCUT2D eigenvalue weighted by Crippen LogP contribution is 2.29. The Morgan fingerprint density at radius 2 is 1.96 bits per heavy atom. The maximum Gasteiger partial charge on any atom is 0.401 e. The SMILES string of the molecule is O=c1cnc2cnc3[nH]ccc3c2n1C1CCN(CC(F)(F)F)CC1. The Morgan fingerprint density at radius 3 is 2.68 bits per heavy atom. The Balaban J connectivity index is 1.71. The molecule has 9 heteroatoms. The van der Waals surface area contributed by atoms with E-state index in [1.165, 1.54) is 11.1 Å². The van der Waals surface area contributed by atoms with Crippen LogP contribution >= 0.6 is 0 Å². The van der Waals surface area contributed by atoms with Crippen molar-refractivity contribution in [3.05, 3.63) is 35.0 Å². The van der Waals surface area contributed by atoms with Gasteiger partial charge in [-0.05, 0) is 18.9 Å². The van der Waals surface area contributed by atoms with E-state index < -0.39 is 12.7 Å². The molecule has 3 aromatic heterocycles. The molecule has 0 atom stereocenters. The van der Waals surface area contributed by atoms with Gasteiger partial charge in [0.15, 0.2) is 0 Å². The predicted octanol–water partition coefficient (Wildman–Crippen LogP) is 2.47. The number of aromatic nitrogens is 4. The Labute approximate surface area is 140 Å². The number of piperidine rings is 1. The van der Waals surface area contributed by atoms with Crippen LogP contribution in [0.1, 0.15) is 18.9 Å². The van der Waals surface area contributed by atoms with E-state index in [1.807, 2.05) is 6.07 Å². The van der Waals surface area contributed by atoms with Gasteiger partial charge in [0.1, 0.15) is 11.2 Å². The van der Waals surface area contributed by atoms with Crippen molar-refractivity contribution in [3.8, 4) is 0 Å². The summed E-state index contributed by atoms with van der Waals surface area (Å²) < 4.78 is 39.3. The number of pyridine rings is 1. The van der Waals surface area contributed by atoms with E-state index in [1.54, 1.807) is 17.0 Å². The summed E-state index contributed by atoms with van der Waals surface area (Å²) in [4.78, 5) is 25.3. The van der Waals surface area contributed by atoms with Crippen LogP contribution in [0.5, 0.6) is 0 Å². The van der Waals surface area contributed by atoms with E-state index in [-0.39, 0.29) is 11.6 Å². The van der Waals surface area contributed by atoms with E-state index >= 15 is 0 Å². The van der Waals surface area contributed by atoms with Gasteiger partial charge in [-0.25, -0.2) is 9.97 Å². The lowest BCUT2D eigenvalue weighted by atomic mass is 10.0. The third-order valence-corrected chi connectivity index (χ3v) is 4.66. The fourth-order valence-electron chi connectivity index (χ4n) is 3.58. The molecular formula is C16H16F3N5O. The molecule has 0 unspecified atom stereocenters.